The minimum absolute atomic E-state index is 0.0940. The molecule has 2 saturated heterocycles. The van der Waals surface area contributed by atoms with Crippen LogP contribution in [0.3, 0.4) is 0 Å². The Morgan fingerprint density at radius 1 is 0.613 bits per heavy atom. The molecule has 2 N–H and O–H groups in total. The van der Waals surface area contributed by atoms with Gasteiger partial charge in [-0.25, -0.2) is 23.9 Å². The number of benzene rings is 2. The van der Waals surface area contributed by atoms with Crippen molar-refractivity contribution < 1.29 is 37.1 Å². The second-order valence-corrected chi connectivity index (χ2v) is 21.1. The number of halogens is 3. The highest BCUT2D eigenvalue weighted by molar-refractivity contribution is 5.89. The van der Waals surface area contributed by atoms with Crippen LogP contribution in [0.1, 0.15) is 114 Å². The number of aromatic nitrogens is 6. The molecule has 6 aromatic rings. The first-order chi connectivity index (χ1) is 38.5. The number of likely N-dealkylation sites (tertiary alicyclic amines) is 2. The average Bonchev–Trinajstić information content (AvgIpc) is 4.43. The summed E-state index contributed by atoms with van der Waals surface area (Å²) in [5.74, 6) is -3.47. The van der Waals surface area contributed by atoms with Crippen molar-refractivity contribution >= 4 is 23.6 Å². The Balaban J connectivity index is 0.758. The van der Waals surface area contributed by atoms with Gasteiger partial charge in [0.2, 0.25) is 35.5 Å². The summed E-state index contributed by atoms with van der Waals surface area (Å²) in [5, 5.41) is 5.85. The van der Waals surface area contributed by atoms with Gasteiger partial charge in [0.15, 0.2) is 0 Å². The molecule has 0 spiro atoms. The van der Waals surface area contributed by atoms with Gasteiger partial charge in [0, 0.05) is 47.6 Å². The van der Waals surface area contributed by atoms with E-state index in [4.69, 9.17) is 4.74 Å². The lowest BCUT2D eigenvalue weighted by Gasteiger charge is -2.27. The lowest BCUT2D eigenvalue weighted by molar-refractivity contribution is -0.139. The number of nitrogens with zero attached hydrogens (tertiary/aromatic N) is 8. The predicted molar refractivity (Wildman–Crippen MR) is 285 cm³/mol. The summed E-state index contributed by atoms with van der Waals surface area (Å²) in [4.78, 5) is 121. The fourth-order valence-electron chi connectivity index (χ4n) is 10.8. The third kappa shape index (κ3) is 12.0. The highest BCUT2D eigenvalue weighted by atomic mass is 19.1. The smallest absolute Gasteiger partial charge is 0.331 e. The molecule has 80 heavy (non-hydrogen) atoms. The van der Waals surface area contributed by atoms with Gasteiger partial charge in [-0.15, -0.1) is 0 Å². The number of carbonyl (C=O) groups is 4. The summed E-state index contributed by atoms with van der Waals surface area (Å²) in [6.45, 7) is 0.536. The summed E-state index contributed by atoms with van der Waals surface area (Å²) in [7, 11) is 0. The first kappa shape index (κ1) is 55.1. The lowest BCUT2D eigenvalue weighted by atomic mass is 10.0. The minimum Gasteiger partial charge on any atom is -0.378 e. The van der Waals surface area contributed by atoms with Gasteiger partial charge in [0.25, 0.3) is 11.1 Å². The van der Waals surface area contributed by atoms with Crippen LogP contribution in [-0.4, -0.2) is 106 Å². The highest BCUT2D eigenvalue weighted by Gasteiger charge is 2.42. The first-order valence-electron chi connectivity index (χ1n) is 27.0. The molecule has 4 fully saturated rings. The van der Waals surface area contributed by atoms with Crippen molar-refractivity contribution in [3.8, 4) is 0 Å². The fraction of sp³-hybridized carbons (Fsp3) is 0.414. The Hall–Kier alpha value is -8.27. The van der Waals surface area contributed by atoms with Gasteiger partial charge < -0.3 is 25.2 Å². The van der Waals surface area contributed by atoms with Gasteiger partial charge in [-0.2, -0.15) is 8.78 Å². The molecule has 418 valence electrons. The van der Waals surface area contributed by atoms with Crippen LogP contribution in [0, 0.1) is 25.7 Å². The zero-order valence-electron chi connectivity index (χ0n) is 44.3. The molecule has 19 nitrogen and oxygen atoms in total. The van der Waals surface area contributed by atoms with Gasteiger partial charge in [-0.3, -0.25) is 47.0 Å². The molecule has 2 aliphatic carbocycles. The first-order valence-corrected chi connectivity index (χ1v) is 27.0. The maximum atomic E-state index is 15.2. The number of nitrogens with one attached hydrogen (secondary N) is 2. The number of rotatable bonds is 20. The Kier molecular flexibility index (Phi) is 16.2. The zero-order chi connectivity index (χ0) is 56.4. The van der Waals surface area contributed by atoms with Crippen LogP contribution in [0.25, 0.3) is 0 Å². The average molecular weight is 1100 g/mol. The van der Waals surface area contributed by atoms with Crippen LogP contribution in [0.5, 0.6) is 0 Å². The van der Waals surface area contributed by atoms with Gasteiger partial charge in [-0.1, -0.05) is 72.8 Å². The Morgan fingerprint density at radius 2 is 1.06 bits per heavy atom. The van der Waals surface area contributed by atoms with Crippen LogP contribution >= 0.6 is 0 Å². The molecule has 4 aromatic heterocycles. The molecule has 6 heterocycles. The quantitative estimate of drug-likeness (QED) is 0.0814. The van der Waals surface area contributed by atoms with Crippen molar-refractivity contribution in [3.05, 3.63) is 196 Å². The predicted octanol–water partition coefficient (Wildman–Crippen LogP) is 4.23. The maximum Gasteiger partial charge on any atom is 0.331 e. The van der Waals surface area contributed by atoms with E-state index >= 15 is 13.2 Å². The SMILES string of the molecule is Cc1cn(CC(=O)N2CCC[C@H]2C(=O)N[C@@H](c2ccccc2)c2ccc(C3CC3)c(F)n2)c(=O)n(CCOCCn2c(=O)c(C)cn(CC(=O)N3C[C@H](F)C[C@H]3C(=O)N[C@@H](c3ccccc3)c3ccc(C4CC4)c(F)n3)c2=O)c1=O. The van der Waals surface area contributed by atoms with Crippen LogP contribution in [-0.2, 0) is 50.1 Å². The van der Waals surface area contributed by atoms with Gasteiger partial charge in [-0.05, 0) is 87.5 Å². The lowest BCUT2D eigenvalue weighted by Crippen LogP contribution is -2.49. The standard InChI is InChI=1S/C58H61F3N10O9/c1-34-29-66(32-47(72)68-23-9-14-45(68)53(74)64-49(38-10-5-3-6-11-38)43-21-19-41(36-15-16-36)51(60)62-43)57(78)69(55(34)76)24-26-80-27-25-70-56(77)35(2)30-67(58(70)79)33-48(73)71-31-40(59)28-46(71)54(75)65-50(39-12-7-4-8-13-39)44-22-20-42(37-17-18-37)52(61)63-44/h3-8,10-13,19-22,29-30,36-37,40,45-46,49-50H,9,14-18,23-28,31-33H2,1-2H3,(H,64,74)(H,65,75)/t40-,45+,46+,49+,50+/m1/s1. The van der Waals surface area contributed by atoms with E-state index in [-0.39, 0.29) is 67.9 Å². The summed E-state index contributed by atoms with van der Waals surface area (Å²) in [6.07, 6.45) is 4.92. The molecule has 4 amide bonds. The van der Waals surface area contributed by atoms with Crippen LogP contribution in [0.15, 0.2) is 117 Å². The number of ether oxygens (including phenoxy) is 1. The Bertz CT molecular complexity index is 3580. The summed E-state index contributed by atoms with van der Waals surface area (Å²) in [5.41, 5.74) is 0.0547. The van der Waals surface area contributed by atoms with E-state index in [0.29, 0.717) is 40.8 Å². The molecule has 0 radical (unpaired) electrons. The molecular weight excluding hydrogens is 1040 g/mol. The molecule has 2 aliphatic heterocycles. The van der Waals surface area contributed by atoms with E-state index in [9.17, 15) is 38.4 Å². The molecule has 0 unspecified atom stereocenters. The van der Waals surface area contributed by atoms with E-state index in [1.54, 1.807) is 78.9 Å². The summed E-state index contributed by atoms with van der Waals surface area (Å²) < 4.78 is 55.1. The third-order valence-corrected chi connectivity index (χ3v) is 15.4. The van der Waals surface area contributed by atoms with Crippen molar-refractivity contribution in [1.29, 1.82) is 0 Å². The number of aryl methyl sites for hydroxylation is 2. The van der Waals surface area contributed by atoms with E-state index in [2.05, 4.69) is 20.6 Å². The van der Waals surface area contributed by atoms with Crippen molar-refractivity contribution in [3.63, 3.8) is 0 Å². The highest BCUT2D eigenvalue weighted by Crippen LogP contribution is 2.42. The fourth-order valence-corrected chi connectivity index (χ4v) is 10.8. The maximum absolute atomic E-state index is 15.2. The van der Waals surface area contributed by atoms with Gasteiger partial charge in [0.1, 0.15) is 31.3 Å². The van der Waals surface area contributed by atoms with Crippen molar-refractivity contribution in [2.45, 2.75) is 127 Å². The summed E-state index contributed by atoms with van der Waals surface area (Å²) >= 11 is 0. The Labute approximate surface area is 457 Å². The minimum atomic E-state index is -1.57. The van der Waals surface area contributed by atoms with Crippen molar-refractivity contribution in [2.24, 2.45) is 0 Å². The molecule has 4 aliphatic rings. The normalized spacial score (nSPS) is 18.7. The molecule has 5 atom stereocenters. The molecular formula is C58H61F3N10O9. The number of pyridine rings is 2. The molecule has 2 aromatic carbocycles. The van der Waals surface area contributed by atoms with Crippen molar-refractivity contribution in [2.75, 3.05) is 26.3 Å². The summed E-state index contributed by atoms with van der Waals surface area (Å²) in [6, 6.07) is 20.5. The topological polar surface area (TPSA) is 222 Å². The van der Waals surface area contributed by atoms with E-state index < -0.39 is 108 Å². The number of alkyl halides is 1. The largest absolute Gasteiger partial charge is 0.378 e. The van der Waals surface area contributed by atoms with Crippen LogP contribution < -0.4 is 33.1 Å². The van der Waals surface area contributed by atoms with Crippen LogP contribution in [0.2, 0.25) is 0 Å². The number of hydrogen-bond donors (Lipinski definition) is 2. The molecule has 0 bridgehead atoms. The van der Waals surface area contributed by atoms with Gasteiger partial charge in [0.05, 0.1) is 56.3 Å². The van der Waals surface area contributed by atoms with Crippen molar-refractivity contribution in [1.82, 2.24) is 48.7 Å². The molecule has 10 rings (SSSR count). The second kappa shape index (κ2) is 23.6. The zero-order valence-corrected chi connectivity index (χ0v) is 44.3. The third-order valence-electron chi connectivity index (χ3n) is 15.4. The number of carbonyl (C=O) groups excluding carboxylic acids is 4. The number of hydrogen-bond acceptors (Lipinski definition) is 11. The molecule has 22 heteroatoms. The van der Waals surface area contributed by atoms with Gasteiger partial charge >= 0.3 is 11.4 Å². The van der Waals surface area contributed by atoms with E-state index in [1.165, 1.54) is 31.1 Å². The van der Waals surface area contributed by atoms with E-state index in [1.807, 2.05) is 6.07 Å². The second-order valence-electron chi connectivity index (χ2n) is 21.1. The number of amides is 4. The monoisotopic (exact) mass is 1100 g/mol. The van der Waals surface area contributed by atoms with Crippen LogP contribution in [0.4, 0.5) is 13.2 Å². The Morgan fingerprint density at radius 3 is 1.51 bits per heavy atom. The molecule has 2 saturated carbocycles. The van der Waals surface area contributed by atoms with E-state index in [0.717, 1.165) is 48.9 Å².